The first-order valence-corrected chi connectivity index (χ1v) is 6.61. The molecule has 0 saturated carbocycles. The quantitative estimate of drug-likeness (QED) is 0.715. The van der Waals surface area contributed by atoms with Crippen LogP contribution in [0.5, 0.6) is 11.6 Å². The Hall–Kier alpha value is -1.66. The van der Waals surface area contributed by atoms with Gasteiger partial charge in [-0.25, -0.2) is 4.98 Å². The van der Waals surface area contributed by atoms with Crippen LogP contribution in [-0.2, 0) is 0 Å². The number of hydrogen-bond donors (Lipinski definition) is 0. The fourth-order valence-corrected chi connectivity index (χ4v) is 2.13. The van der Waals surface area contributed by atoms with Crippen LogP contribution in [-0.4, -0.2) is 19.6 Å². The second kappa shape index (κ2) is 4.79. The van der Waals surface area contributed by atoms with Gasteiger partial charge in [0.2, 0.25) is 5.88 Å². The molecule has 0 aliphatic carbocycles. The highest BCUT2D eigenvalue weighted by Crippen LogP contribution is 2.31. The van der Waals surface area contributed by atoms with Crippen molar-refractivity contribution in [1.82, 2.24) is 19.6 Å². The summed E-state index contributed by atoms with van der Waals surface area (Å²) < 4.78 is 8.20. The minimum Gasteiger partial charge on any atom is -0.437 e. The summed E-state index contributed by atoms with van der Waals surface area (Å²) >= 11 is 9.48. The Kier molecular flexibility index (Phi) is 3.12. The summed E-state index contributed by atoms with van der Waals surface area (Å²) in [5, 5.41) is 4.59. The first kappa shape index (κ1) is 12.4. The van der Waals surface area contributed by atoms with Crippen molar-refractivity contribution in [3.8, 4) is 11.6 Å². The Morgan fingerprint density at radius 1 is 1.32 bits per heavy atom. The van der Waals surface area contributed by atoms with Gasteiger partial charge in [0.25, 0.3) is 5.78 Å². The molecule has 0 N–H and O–H groups in total. The zero-order valence-electron chi connectivity index (χ0n) is 9.84. The smallest absolute Gasteiger partial charge is 0.255 e. The van der Waals surface area contributed by atoms with Crippen molar-refractivity contribution in [2.24, 2.45) is 0 Å². The first-order valence-electron chi connectivity index (χ1n) is 5.44. The summed E-state index contributed by atoms with van der Waals surface area (Å²) in [6.07, 6.45) is 1.43. The maximum Gasteiger partial charge on any atom is 0.255 e. The summed E-state index contributed by atoms with van der Waals surface area (Å²) in [5.74, 6) is 1.54. The van der Waals surface area contributed by atoms with E-state index in [0.29, 0.717) is 22.4 Å². The zero-order chi connectivity index (χ0) is 13.4. The molecule has 0 unspecified atom stereocenters. The molecule has 0 atom stereocenters. The van der Waals surface area contributed by atoms with Gasteiger partial charge in [-0.2, -0.15) is 14.6 Å². The van der Waals surface area contributed by atoms with E-state index in [0.717, 1.165) is 10.2 Å². The van der Waals surface area contributed by atoms with Gasteiger partial charge in [0.15, 0.2) is 0 Å². The molecule has 2 heterocycles. The van der Waals surface area contributed by atoms with E-state index in [2.05, 4.69) is 31.0 Å². The molecule has 0 radical (unpaired) electrons. The molecular formula is C12H8BrClN4O. The summed E-state index contributed by atoms with van der Waals surface area (Å²) in [5.41, 5.74) is 0.793. The van der Waals surface area contributed by atoms with Crippen molar-refractivity contribution in [2.75, 3.05) is 0 Å². The second-order valence-corrected chi connectivity index (χ2v) is 5.21. The first-order chi connectivity index (χ1) is 9.13. The van der Waals surface area contributed by atoms with Gasteiger partial charge in [-0.15, -0.1) is 0 Å². The third kappa shape index (κ3) is 2.41. The SMILES string of the molecule is Cc1cc(Oc2cc(Br)ccc2Cl)n2ncnc2n1. The lowest BCUT2D eigenvalue weighted by Gasteiger charge is -2.09. The Labute approximate surface area is 122 Å². The average Bonchev–Trinajstić information content (AvgIpc) is 2.82. The van der Waals surface area contributed by atoms with E-state index in [-0.39, 0.29) is 0 Å². The van der Waals surface area contributed by atoms with Crippen molar-refractivity contribution in [3.63, 3.8) is 0 Å². The van der Waals surface area contributed by atoms with Gasteiger partial charge >= 0.3 is 0 Å². The van der Waals surface area contributed by atoms with Crippen molar-refractivity contribution in [3.05, 3.63) is 45.8 Å². The van der Waals surface area contributed by atoms with Crippen LogP contribution >= 0.6 is 27.5 Å². The minimum atomic E-state index is 0.487. The van der Waals surface area contributed by atoms with E-state index < -0.39 is 0 Å². The van der Waals surface area contributed by atoms with Crippen molar-refractivity contribution in [1.29, 1.82) is 0 Å². The largest absolute Gasteiger partial charge is 0.437 e. The summed E-state index contributed by atoms with van der Waals surface area (Å²) in [6, 6.07) is 7.17. The molecule has 0 fully saturated rings. The summed E-state index contributed by atoms with van der Waals surface area (Å²) in [7, 11) is 0. The van der Waals surface area contributed by atoms with E-state index in [1.807, 2.05) is 13.0 Å². The molecule has 3 rings (SSSR count). The van der Waals surface area contributed by atoms with Gasteiger partial charge in [-0.3, -0.25) is 0 Å². The number of rotatable bonds is 2. The van der Waals surface area contributed by atoms with Crippen molar-refractivity contribution < 1.29 is 4.74 Å². The average molecular weight is 340 g/mol. The number of nitrogens with zero attached hydrogens (tertiary/aromatic N) is 4. The van der Waals surface area contributed by atoms with Crippen molar-refractivity contribution >= 4 is 33.3 Å². The van der Waals surface area contributed by atoms with Crippen LogP contribution in [0.1, 0.15) is 5.69 Å². The van der Waals surface area contributed by atoms with E-state index in [1.54, 1.807) is 18.2 Å². The molecule has 0 aliphatic rings. The minimum absolute atomic E-state index is 0.487. The molecular weight excluding hydrogens is 332 g/mol. The van der Waals surface area contributed by atoms with Gasteiger partial charge in [0, 0.05) is 16.2 Å². The predicted octanol–water partition coefficient (Wildman–Crippen LogP) is 3.64. The highest BCUT2D eigenvalue weighted by Gasteiger charge is 2.10. The lowest BCUT2D eigenvalue weighted by atomic mass is 10.3. The molecule has 5 nitrogen and oxygen atoms in total. The normalized spacial score (nSPS) is 10.9. The molecule has 0 spiro atoms. The van der Waals surface area contributed by atoms with Crippen LogP contribution in [0.3, 0.4) is 0 Å². The van der Waals surface area contributed by atoms with Crippen LogP contribution in [0.25, 0.3) is 5.78 Å². The molecule has 0 amide bonds. The number of fused-ring (bicyclic) bond motifs is 1. The van der Waals surface area contributed by atoms with E-state index in [4.69, 9.17) is 16.3 Å². The summed E-state index contributed by atoms with van der Waals surface area (Å²) in [4.78, 5) is 8.29. The highest BCUT2D eigenvalue weighted by atomic mass is 79.9. The van der Waals surface area contributed by atoms with Gasteiger partial charge in [-0.05, 0) is 25.1 Å². The van der Waals surface area contributed by atoms with Crippen LogP contribution in [0, 0.1) is 6.92 Å². The molecule has 0 bridgehead atoms. The van der Waals surface area contributed by atoms with Crippen LogP contribution in [0.2, 0.25) is 5.02 Å². The van der Waals surface area contributed by atoms with E-state index in [1.165, 1.54) is 10.8 Å². The Morgan fingerprint density at radius 3 is 3.00 bits per heavy atom. The van der Waals surface area contributed by atoms with Gasteiger partial charge in [-0.1, -0.05) is 27.5 Å². The van der Waals surface area contributed by atoms with E-state index >= 15 is 0 Å². The Bertz CT molecular complexity index is 759. The maximum atomic E-state index is 6.10. The summed E-state index contributed by atoms with van der Waals surface area (Å²) in [6.45, 7) is 1.87. The third-order valence-corrected chi connectivity index (χ3v) is 3.26. The van der Waals surface area contributed by atoms with Crippen LogP contribution in [0.15, 0.2) is 35.1 Å². The number of aryl methyl sites for hydroxylation is 1. The Balaban J connectivity index is 2.10. The predicted molar refractivity (Wildman–Crippen MR) is 74.7 cm³/mol. The molecule has 2 aromatic heterocycles. The number of ether oxygens (including phenoxy) is 1. The lowest BCUT2D eigenvalue weighted by Crippen LogP contribution is -1.99. The molecule has 19 heavy (non-hydrogen) atoms. The van der Waals surface area contributed by atoms with Gasteiger partial charge in [0.1, 0.15) is 12.1 Å². The standard InChI is InChI=1S/C12H8BrClN4O/c1-7-4-11(18-12(17-7)15-6-16-18)19-10-5-8(13)2-3-9(10)14/h2-6H,1H3. The fourth-order valence-electron chi connectivity index (χ4n) is 1.64. The molecule has 0 aliphatic heterocycles. The van der Waals surface area contributed by atoms with Crippen LogP contribution < -0.4 is 4.74 Å². The number of hydrogen-bond acceptors (Lipinski definition) is 4. The fraction of sp³-hybridized carbons (Fsp3) is 0.0833. The van der Waals surface area contributed by atoms with Crippen LogP contribution in [0.4, 0.5) is 0 Å². The second-order valence-electron chi connectivity index (χ2n) is 3.88. The Morgan fingerprint density at radius 2 is 2.16 bits per heavy atom. The van der Waals surface area contributed by atoms with Gasteiger partial charge < -0.3 is 4.74 Å². The molecule has 0 saturated heterocycles. The molecule has 7 heteroatoms. The molecule has 1 aromatic carbocycles. The zero-order valence-corrected chi connectivity index (χ0v) is 12.2. The number of halogens is 2. The monoisotopic (exact) mass is 338 g/mol. The number of aromatic nitrogens is 4. The topological polar surface area (TPSA) is 52.3 Å². The molecule has 3 aromatic rings. The van der Waals surface area contributed by atoms with Crippen molar-refractivity contribution in [2.45, 2.75) is 6.92 Å². The molecule has 96 valence electrons. The lowest BCUT2D eigenvalue weighted by molar-refractivity contribution is 0.445. The van der Waals surface area contributed by atoms with E-state index in [9.17, 15) is 0 Å². The maximum absolute atomic E-state index is 6.10. The highest BCUT2D eigenvalue weighted by molar-refractivity contribution is 9.10. The third-order valence-electron chi connectivity index (χ3n) is 2.46. The van der Waals surface area contributed by atoms with Gasteiger partial charge in [0.05, 0.1) is 5.02 Å². The number of benzene rings is 1.